The summed E-state index contributed by atoms with van der Waals surface area (Å²) in [6.07, 6.45) is 0.757. The van der Waals surface area contributed by atoms with Gasteiger partial charge >= 0.3 is 5.97 Å². The number of amides is 1. The number of benzene rings is 1. The van der Waals surface area contributed by atoms with Crippen LogP contribution in [0.1, 0.15) is 33.1 Å². The van der Waals surface area contributed by atoms with Gasteiger partial charge in [-0.1, -0.05) is 6.07 Å². The van der Waals surface area contributed by atoms with E-state index in [1.807, 2.05) is 12.3 Å². The maximum absolute atomic E-state index is 12.3. The average Bonchev–Trinajstić information content (AvgIpc) is 3.11. The van der Waals surface area contributed by atoms with Crippen LogP contribution in [0, 0.1) is 6.92 Å². The molecule has 1 aromatic heterocycles. The van der Waals surface area contributed by atoms with Crippen molar-refractivity contribution in [2.24, 2.45) is 0 Å². The van der Waals surface area contributed by atoms with Crippen LogP contribution < -0.4 is 10.1 Å². The average molecular weight is 317 g/mol. The molecule has 22 heavy (non-hydrogen) atoms. The molecular weight excluding hydrogens is 302 g/mol. The molecule has 0 radical (unpaired) electrons. The standard InChI is InChI=1S/C16H15NO4S/c1-9-7-22-8-12(9)15(18)17-14(16(19)20)11-2-3-13-10(6-11)4-5-21-13/h2-3,6-8,14H,4-5H2,1H3,(H,17,18)(H,19,20). The second-order valence-corrected chi connectivity index (χ2v) is 5.92. The number of carbonyl (C=O) groups is 2. The van der Waals surface area contributed by atoms with E-state index in [0.29, 0.717) is 17.7 Å². The van der Waals surface area contributed by atoms with Gasteiger partial charge in [0.2, 0.25) is 0 Å². The van der Waals surface area contributed by atoms with E-state index < -0.39 is 12.0 Å². The minimum absolute atomic E-state index is 0.372. The van der Waals surface area contributed by atoms with Gasteiger partial charge in [0, 0.05) is 11.8 Å². The van der Waals surface area contributed by atoms with Crippen LogP contribution in [0.4, 0.5) is 0 Å². The lowest BCUT2D eigenvalue weighted by molar-refractivity contribution is -0.139. The first-order valence-electron chi connectivity index (χ1n) is 6.88. The molecule has 6 heteroatoms. The number of fused-ring (bicyclic) bond motifs is 1. The van der Waals surface area contributed by atoms with Gasteiger partial charge in [0.25, 0.3) is 5.91 Å². The van der Waals surface area contributed by atoms with Crippen LogP contribution in [0.15, 0.2) is 29.0 Å². The summed E-state index contributed by atoms with van der Waals surface area (Å²) in [5.41, 5.74) is 2.89. The van der Waals surface area contributed by atoms with Gasteiger partial charge in [-0.3, -0.25) is 4.79 Å². The minimum Gasteiger partial charge on any atom is -0.493 e. The molecule has 0 saturated carbocycles. The number of hydrogen-bond acceptors (Lipinski definition) is 4. The van der Waals surface area contributed by atoms with Crippen molar-refractivity contribution in [3.05, 3.63) is 51.2 Å². The highest BCUT2D eigenvalue weighted by Crippen LogP contribution is 2.28. The number of aliphatic carboxylic acids is 1. The topological polar surface area (TPSA) is 75.6 Å². The van der Waals surface area contributed by atoms with Gasteiger partial charge in [0.15, 0.2) is 6.04 Å². The van der Waals surface area contributed by atoms with Crippen molar-refractivity contribution >= 4 is 23.2 Å². The van der Waals surface area contributed by atoms with Gasteiger partial charge in [-0.05, 0) is 41.1 Å². The van der Waals surface area contributed by atoms with Crippen molar-refractivity contribution in [1.29, 1.82) is 0 Å². The van der Waals surface area contributed by atoms with E-state index in [1.54, 1.807) is 23.6 Å². The fourth-order valence-corrected chi connectivity index (χ4v) is 3.30. The zero-order valence-electron chi connectivity index (χ0n) is 12.0. The molecule has 3 rings (SSSR count). The van der Waals surface area contributed by atoms with E-state index in [1.165, 1.54) is 11.3 Å². The molecule has 114 valence electrons. The molecule has 1 atom stereocenters. The molecule has 0 spiro atoms. The fraction of sp³-hybridized carbons (Fsp3) is 0.250. The highest BCUT2D eigenvalue weighted by molar-refractivity contribution is 7.08. The summed E-state index contributed by atoms with van der Waals surface area (Å²) in [6.45, 7) is 2.44. The number of carbonyl (C=O) groups excluding carboxylic acids is 1. The van der Waals surface area contributed by atoms with Crippen molar-refractivity contribution in [1.82, 2.24) is 5.32 Å². The predicted octanol–water partition coefficient (Wildman–Crippen LogP) is 2.55. The Bertz CT molecular complexity index is 737. The Morgan fingerprint density at radius 2 is 2.18 bits per heavy atom. The Kier molecular flexibility index (Phi) is 3.85. The molecule has 1 unspecified atom stereocenters. The van der Waals surface area contributed by atoms with Crippen molar-refractivity contribution < 1.29 is 19.4 Å². The normalized spacial score (nSPS) is 14.0. The first kappa shape index (κ1) is 14.6. The molecule has 0 aliphatic carbocycles. The van der Waals surface area contributed by atoms with Gasteiger partial charge in [-0.25, -0.2) is 4.79 Å². The number of carboxylic acid groups (broad SMARTS) is 1. The highest BCUT2D eigenvalue weighted by atomic mass is 32.1. The molecule has 2 heterocycles. The number of hydrogen-bond donors (Lipinski definition) is 2. The third-order valence-electron chi connectivity index (χ3n) is 3.67. The highest BCUT2D eigenvalue weighted by Gasteiger charge is 2.25. The quantitative estimate of drug-likeness (QED) is 0.908. The lowest BCUT2D eigenvalue weighted by Crippen LogP contribution is -2.33. The minimum atomic E-state index is -1.08. The summed E-state index contributed by atoms with van der Waals surface area (Å²) in [7, 11) is 0. The molecule has 1 aliphatic heterocycles. The first-order chi connectivity index (χ1) is 10.6. The third kappa shape index (κ3) is 2.69. The van der Waals surface area contributed by atoms with Crippen LogP contribution in [-0.4, -0.2) is 23.6 Å². The van der Waals surface area contributed by atoms with Crippen LogP contribution in [0.3, 0.4) is 0 Å². The predicted molar refractivity (Wildman–Crippen MR) is 82.5 cm³/mol. The zero-order valence-corrected chi connectivity index (χ0v) is 12.8. The van der Waals surface area contributed by atoms with Crippen molar-refractivity contribution in [3.8, 4) is 5.75 Å². The Morgan fingerprint density at radius 3 is 2.86 bits per heavy atom. The number of rotatable bonds is 4. The van der Waals surface area contributed by atoms with Crippen molar-refractivity contribution in [2.75, 3.05) is 6.61 Å². The lowest BCUT2D eigenvalue weighted by atomic mass is 10.0. The Hall–Kier alpha value is -2.34. The van der Waals surface area contributed by atoms with E-state index in [9.17, 15) is 14.7 Å². The van der Waals surface area contributed by atoms with Crippen molar-refractivity contribution in [2.45, 2.75) is 19.4 Å². The lowest BCUT2D eigenvalue weighted by Gasteiger charge is -2.15. The van der Waals surface area contributed by atoms with E-state index in [2.05, 4.69) is 5.32 Å². The molecular formula is C16H15NO4S. The van der Waals surface area contributed by atoms with Gasteiger partial charge in [-0.2, -0.15) is 11.3 Å². The summed E-state index contributed by atoms with van der Waals surface area (Å²) in [6, 6.07) is 4.17. The van der Waals surface area contributed by atoms with E-state index >= 15 is 0 Å². The molecule has 5 nitrogen and oxygen atoms in total. The summed E-state index contributed by atoms with van der Waals surface area (Å²) in [5.74, 6) is -0.670. The number of ether oxygens (including phenoxy) is 1. The second kappa shape index (κ2) is 5.81. The smallest absolute Gasteiger partial charge is 0.330 e. The molecule has 0 fully saturated rings. The summed E-state index contributed by atoms with van der Waals surface area (Å²) >= 11 is 1.42. The summed E-state index contributed by atoms with van der Waals surface area (Å²) in [4.78, 5) is 23.8. The number of aryl methyl sites for hydroxylation is 1. The number of thiophene rings is 1. The fourth-order valence-electron chi connectivity index (χ4n) is 2.48. The SMILES string of the molecule is Cc1cscc1C(=O)NC(C(=O)O)c1ccc2c(c1)CCO2. The maximum atomic E-state index is 12.3. The van der Waals surface area contributed by atoms with Gasteiger partial charge in [0.1, 0.15) is 5.75 Å². The van der Waals surface area contributed by atoms with Gasteiger partial charge < -0.3 is 15.2 Å². The molecule has 0 bridgehead atoms. The number of nitrogens with one attached hydrogen (secondary N) is 1. The van der Waals surface area contributed by atoms with Crippen LogP contribution >= 0.6 is 11.3 Å². The molecule has 1 amide bonds. The van der Waals surface area contributed by atoms with Crippen LogP contribution in [0.2, 0.25) is 0 Å². The molecule has 2 aromatic rings. The van der Waals surface area contributed by atoms with Crippen LogP contribution in [-0.2, 0) is 11.2 Å². The van der Waals surface area contributed by atoms with Crippen LogP contribution in [0.25, 0.3) is 0 Å². The zero-order chi connectivity index (χ0) is 15.7. The second-order valence-electron chi connectivity index (χ2n) is 5.18. The van der Waals surface area contributed by atoms with E-state index in [4.69, 9.17) is 4.74 Å². The summed E-state index contributed by atoms with van der Waals surface area (Å²) < 4.78 is 5.42. The van der Waals surface area contributed by atoms with Gasteiger partial charge in [-0.15, -0.1) is 0 Å². The largest absolute Gasteiger partial charge is 0.493 e. The molecule has 0 saturated heterocycles. The Morgan fingerprint density at radius 1 is 1.36 bits per heavy atom. The van der Waals surface area contributed by atoms with Crippen molar-refractivity contribution in [3.63, 3.8) is 0 Å². The summed E-state index contributed by atoms with van der Waals surface area (Å²) in [5, 5.41) is 15.6. The maximum Gasteiger partial charge on any atom is 0.330 e. The van der Waals surface area contributed by atoms with Crippen LogP contribution in [0.5, 0.6) is 5.75 Å². The van der Waals surface area contributed by atoms with E-state index in [0.717, 1.165) is 23.3 Å². The Labute approximate surface area is 131 Å². The molecule has 1 aliphatic rings. The van der Waals surface area contributed by atoms with E-state index in [-0.39, 0.29) is 5.91 Å². The van der Waals surface area contributed by atoms with Gasteiger partial charge in [0.05, 0.1) is 12.2 Å². The Balaban J connectivity index is 1.86. The molecule has 2 N–H and O–H groups in total. The third-order valence-corrected chi connectivity index (χ3v) is 4.53. The first-order valence-corrected chi connectivity index (χ1v) is 7.82. The monoisotopic (exact) mass is 317 g/mol. The molecule has 1 aromatic carbocycles. The number of carboxylic acids is 1.